The molecular formula is C32H37N7O. The first-order valence-electron chi connectivity index (χ1n) is 14.1. The zero-order valence-electron chi connectivity index (χ0n) is 23.9. The fourth-order valence-electron chi connectivity index (χ4n) is 5.25. The van der Waals surface area contributed by atoms with Crippen LogP contribution < -0.4 is 5.69 Å². The standard InChI is InChI=1S/C32H37N7O/c1-6-7-10-25-20-39(30-26(21(2)3)11-8-12-27(30)22(4)5)32(40)38(25)19-23-14-16-24(17-15-23)29-28(13-9-18-33-29)31-34-36-37-35-31/h8-9,11-18,20-22H,6-7,10,19H2,1-5H3,(H,34,35,36,37). The van der Waals surface area contributed by atoms with E-state index in [4.69, 9.17) is 0 Å². The van der Waals surface area contributed by atoms with Gasteiger partial charge in [-0.1, -0.05) is 83.5 Å². The molecule has 3 aromatic heterocycles. The van der Waals surface area contributed by atoms with Gasteiger partial charge in [0.1, 0.15) is 0 Å². The highest BCUT2D eigenvalue weighted by molar-refractivity contribution is 5.76. The van der Waals surface area contributed by atoms with Crippen molar-refractivity contribution in [1.82, 2.24) is 34.7 Å². The van der Waals surface area contributed by atoms with Crippen molar-refractivity contribution in [1.29, 1.82) is 0 Å². The van der Waals surface area contributed by atoms with Crippen LogP contribution in [0.5, 0.6) is 0 Å². The van der Waals surface area contributed by atoms with Gasteiger partial charge in [0, 0.05) is 29.2 Å². The molecule has 0 saturated carbocycles. The Morgan fingerprint density at radius 1 is 0.925 bits per heavy atom. The molecule has 0 fully saturated rings. The molecule has 0 atom stereocenters. The lowest BCUT2D eigenvalue weighted by Crippen LogP contribution is -2.26. The average Bonchev–Trinajstić information content (AvgIpc) is 3.61. The molecule has 0 unspecified atom stereocenters. The number of para-hydroxylation sites is 1. The second-order valence-electron chi connectivity index (χ2n) is 10.9. The fraction of sp³-hybridized carbons (Fsp3) is 0.344. The second-order valence-corrected chi connectivity index (χ2v) is 10.9. The summed E-state index contributed by atoms with van der Waals surface area (Å²) in [5.41, 5.74) is 8.11. The predicted molar refractivity (Wildman–Crippen MR) is 159 cm³/mol. The smallest absolute Gasteiger partial charge is 0.292 e. The van der Waals surface area contributed by atoms with Crippen LogP contribution in [0.2, 0.25) is 0 Å². The van der Waals surface area contributed by atoms with Crippen LogP contribution in [-0.2, 0) is 13.0 Å². The van der Waals surface area contributed by atoms with Gasteiger partial charge >= 0.3 is 5.69 Å². The summed E-state index contributed by atoms with van der Waals surface area (Å²) in [5.74, 6) is 1.11. The number of imidazole rings is 1. The average molecular weight is 536 g/mol. The lowest BCUT2D eigenvalue weighted by molar-refractivity contribution is 0.672. The van der Waals surface area contributed by atoms with E-state index in [0.717, 1.165) is 53.0 Å². The third-order valence-electron chi connectivity index (χ3n) is 7.39. The van der Waals surface area contributed by atoms with Gasteiger partial charge in [-0.05, 0) is 58.7 Å². The lowest BCUT2D eigenvalue weighted by atomic mass is 9.92. The molecule has 8 heteroatoms. The van der Waals surface area contributed by atoms with E-state index in [9.17, 15) is 4.79 Å². The summed E-state index contributed by atoms with van der Waals surface area (Å²) in [5, 5.41) is 14.4. The van der Waals surface area contributed by atoms with Gasteiger partial charge in [0.15, 0.2) is 0 Å². The first-order valence-corrected chi connectivity index (χ1v) is 14.1. The van der Waals surface area contributed by atoms with E-state index >= 15 is 0 Å². The van der Waals surface area contributed by atoms with Crippen molar-refractivity contribution < 1.29 is 0 Å². The maximum absolute atomic E-state index is 14.1. The molecule has 0 aliphatic carbocycles. The van der Waals surface area contributed by atoms with Gasteiger partial charge in [-0.3, -0.25) is 14.1 Å². The minimum absolute atomic E-state index is 0.00861. The molecular weight excluding hydrogens is 498 g/mol. The van der Waals surface area contributed by atoms with Gasteiger partial charge in [0.25, 0.3) is 0 Å². The van der Waals surface area contributed by atoms with Gasteiger partial charge in [0.05, 0.1) is 17.9 Å². The molecule has 0 bridgehead atoms. The number of unbranched alkanes of at least 4 members (excludes halogenated alkanes) is 1. The van der Waals surface area contributed by atoms with Gasteiger partial charge in [0.2, 0.25) is 5.82 Å². The molecule has 0 saturated heterocycles. The maximum Gasteiger partial charge on any atom is 0.333 e. The van der Waals surface area contributed by atoms with Crippen LogP contribution in [0.4, 0.5) is 0 Å². The summed E-state index contributed by atoms with van der Waals surface area (Å²) in [7, 11) is 0. The van der Waals surface area contributed by atoms with E-state index in [2.05, 4.69) is 96.8 Å². The Hall–Kier alpha value is -4.33. The van der Waals surface area contributed by atoms with E-state index in [1.165, 1.54) is 11.1 Å². The first kappa shape index (κ1) is 27.2. The number of hydrogen-bond donors (Lipinski definition) is 1. The van der Waals surface area contributed by atoms with Crippen LogP contribution >= 0.6 is 0 Å². The Morgan fingerprint density at radius 2 is 1.65 bits per heavy atom. The highest BCUT2D eigenvalue weighted by Gasteiger charge is 2.21. The second kappa shape index (κ2) is 11.8. The number of aromatic nitrogens is 7. The number of tetrazole rings is 1. The molecule has 0 aliphatic heterocycles. The molecule has 0 spiro atoms. The van der Waals surface area contributed by atoms with Gasteiger partial charge in [-0.25, -0.2) is 4.79 Å². The number of aromatic amines is 1. The van der Waals surface area contributed by atoms with Gasteiger partial charge < -0.3 is 0 Å². The van der Waals surface area contributed by atoms with Crippen molar-refractivity contribution in [2.45, 2.75) is 72.3 Å². The number of nitrogens with zero attached hydrogens (tertiary/aromatic N) is 6. The Balaban J connectivity index is 1.53. The monoisotopic (exact) mass is 535 g/mol. The zero-order chi connectivity index (χ0) is 28.2. The van der Waals surface area contributed by atoms with E-state index in [1.54, 1.807) is 6.20 Å². The summed E-state index contributed by atoms with van der Waals surface area (Å²) in [6, 6.07) is 18.4. The molecule has 3 heterocycles. The molecule has 40 heavy (non-hydrogen) atoms. The quantitative estimate of drug-likeness (QED) is 0.220. The number of pyridine rings is 1. The lowest BCUT2D eigenvalue weighted by Gasteiger charge is -2.19. The topological polar surface area (TPSA) is 94.3 Å². The summed E-state index contributed by atoms with van der Waals surface area (Å²) < 4.78 is 3.84. The van der Waals surface area contributed by atoms with Crippen molar-refractivity contribution >= 4 is 0 Å². The molecule has 0 radical (unpaired) electrons. The largest absolute Gasteiger partial charge is 0.333 e. The molecule has 8 nitrogen and oxygen atoms in total. The minimum Gasteiger partial charge on any atom is -0.292 e. The number of benzene rings is 2. The number of aryl methyl sites for hydroxylation is 1. The van der Waals surface area contributed by atoms with Crippen molar-refractivity contribution in [3.05, 3.63) is 99.9 Å². The summed E-state index contributed by atoms with van der Waals surface area (Å²) in [6.07, 6.45) is 6.80. The van der Waals surface area contributed by atoms with Crippen LogP contribution in [0, 0.1) is 0 Å². The molecule has 1 N–H and O–H groups in total. The van der Waals surface area contributed by atoms with Crippen molar-refractivity contribution in [2.24, 2.45) is 0 Å². The zero-order valence-corrected chi connectivity index (χ0v) is 23.9. The Morgan fingerprint density at radius 3 is 2.27 bits per heavy atom. The number of nitrogens with one attached hydrogen (secondary N) is 1. The molecule has 0 aliphatic rings. The SMILES string of the molecule is CCCCc1cn(-c2c(C(C)C)cccc2C(C)C)c(=O)n1Cc1ccc(-c2ncccc2-c2nn[nH]n2)cc1. The molecule has 5 rings (SSSR count). The van der Waals surface area contributed by atoms with Gasteiger partial charge in [-0.2, -0.15) is 5.21 Å². The summed E-state index contributed by atoms with van der Waals surface area (Å²) >= 11 is 0. The Labute approximate surface area is 235 Å². The van der Waals surface area contributed by atoms with Crippen LogP contribution in [0.15, 0.2) is 71.8 Å². The maximum atomic E-state index is 14.1. The van der Waals surface area contributed by atoms with Crippen LogP contribution in [0.3, 0.4) is 0 Å². The third-order valence-corrected chi connectivity index (χ3v) is 7.39. The van der Waals surface area contributed by atoms with E-state index < -0.39 is 0 Å². The first-order chi connectivity index (χ1) is 19.4. The van der Waals surface area contributed by atoms with E-state index in [-0.39, 0.29) is 5.69 Å². The number of H-pyrrole nitrogens is 1. The predicted octanol–water partition coefficient (Wildman–Crippen LogP) is 6.52. The fourth-order valence-corrected chi connectivity index (χ4v) is 5.25. The minimum atomic E-state index is 0.00861. The van der Waals surface area contributed by atoms with Crippen LogP contribution in [0.25, 0.3) is 28.3 Å². The Kier molecular flexibility index (Phi) is 8.05. The highest BCUT2D eigenvalue weighted by atomic mass is 16.1. The summed E-state index contributed by atoms with van der Waals surface area (Å²) in [4.78, 5) is 18.6. The Bertz CT molecular complexity index is 1600. The molecule has 0 amide bonds. The molecule has 5 aromatic rings. The normalized spacial score (nSPS) is 11.6. The van der Waals surface area contributed by atoms with Crippen molar-refractivity contribution in [3.63, 3.8) is 0 Å². The van der Waals surface area contributed by atoms with Crippen LogP contribution in [0.1, 0.15) is 81.7 Å². The molecule has 206 valence electrons. The van der Waals surface area contributed by atoms with Crippen molar-refractivity contribution in [3.8, 4) is 28.3 Å². The number of rotatable bonds is 10. The molecule has 2 aromatic carbocycles. The van der Waals surface area contributed by atoms with Crippen molar-refractivity contribution in [2.75, 3.05) is 0 Å². The van der Waals surface area contributed by atoms with Gasteiger partial charge in [-0.15, -0.1) is 10.2 Å². The third kappa shape index (κ3) is 5.39. The van der Waals surface area contributed by atoms with Crippen LogP contribution in [-0.4, -0.2) is 34.7 Å². The van der Waals surface area contributed by atoms with E-state index in [1.807, 2.05) is 33.4 Å². The number of hydrogen-bond acceptors (Lipinski definition) is 5. The summed E-state index contributed by atoms with van der Waals surface area (Å²) in [6.45, 7) is 11.5. The van der Waals surface area contributed by atoms with E-state index in [0.29, 0.717) is 24.2 Å². The highest BCUT2D eigenvalue weighted by Crippen LogP contribution is 2.31.